The highest BCUT2D eigenvalue weighted by atomic mass is 32.2. The summed E-state index contributed by atoms with van der Waals surface area (Å²) in [5.41, 5.74) is 1.24. The van der Waals surface area contributed by atoms with Crippen LogP contribution in [0.4, 0.5) is 0 Å². The van der Waals surface area contributed by atoms with Gasteiger partial charge in [0.1, 0.15) is 12.2 Å². The Morgan fingerprint density at radius 1 is 1.33 bits per heavy atom. The Morgan fingerprint density at radius 2 is 2.14 bits per heavy atom. The molecule has 0 saturated carbocycles. The molecule has 114 valence electrons. The van der Waals surface area contributed by atoms with E-state index in [1.807, 2.05) is 10.7 Å². The van der Waals surface area contributed by atoms with E-state index in [1.54, 1.807) is 18.1 Å². The molecular formula is C16H23N3OS. The van der Waals surface area contributed by atoms with Crippen molar-refractivity contribution in [3.63, 3.8) is 0 Å². The minimum atomic E-state index is -0.411. The lowest BCUT2D eigenvalue weighted by atomic mass is 10.2. The summed E-state index contributed by atoms with van der Waals surface area (Å²) in [6.45, 7) is 7.22. The minimum absolute atomic E-state index is 0.411. The summed E-state index contributed by atoms with van der Waals surface area (Å²) >= 11 is 1.68. The van der Waals surface area contributed by atoms with E-state index in [2.05, 4.69) is 49.1 Å². The number of aliphatic hydroxyl groups is 1. The lowest BCUT2D eigenvalue weighted by Crippen LogP contribution is -2.19. The summed E-state index contributed by atoms with van der Waals surface area (Å²) in [6, 6.07) is 8.34. The van der Waals surface area contributed by atoms with Crippen LogP contribution in [-0.2, 0) is 13.0 Å². The number of nitrogens with zero attached hydrogens (tertiary/aromatic N) is 3. The van der Waals surface area contributed by atoms with Crippen LogP contribution in [0.1, 0.15) is 25.2 Å². The largest absolute Gasteiger partial charge is 0.392 e. The monoisotopic (exact) mass is 305 g/mol. The van der Waals surface area contributed by atoms with Crippen molar-refractivity contribution in [3.8, 4) is 0 Å². The van der Waals surface area contributed by atoms with Crippen LogP contribution in [0.3, 0.4) is 0 Å². The van der Waals surface area contributed by atoms with Crippen LogP contribution in [0, 0.1) is 12.8 Å². The molecule has 0 spiro atoms. The number of benzene rings is 1. The number of aliphatic hydroxyl groups excluding tert-OH is 1. The van der Waals surface area contributed by atoms with Crippen LogP contribution in [0.2, 0.25) is 0 Å². The zero-order chi connectivity index (χ0) is 15.2. The number of rotatable bonds is 7. The van der Waals surface area contributed by atoms with E-state index in [1.165, 1.54) is 10.5 Å². The van der Waals surface area contributed by atoms with Gasteiger partial charge in [0, 0.05) is 23.6 Å². The third kappa shape index (κ3) is 5.17. The van der Waals surface area contributed by atoms with Gasteiger partial charge < -0.3 is 5.11 Å². The van der Waals surface area contributed by atoms with Crippen LogP contribution in [0.5, 0.6) is 0 Å². The van der Waals surface area contributed by atoms with Gasteiger partial charge in [0.05, 0.1) is 6.10 Å². The van der Waals surface area contributed by atoms with E-state index in [0.29, 0.717) is 18.1 Å². The van der Waals surface area contributed by atoms with Crippen molar-refractivity contribution < 1.29 is 5.11 Å². The van der Waals surface area contributed by atoms with Crippen LogP contribution in [-0.4, -0.2) is 31.7 Å². The highest BCUT2D eigenvalue weighted by molar-refractivity contribution is 7.99. The Labute approximate surface area is 130 Å². The average Bonchev–Trinajstić information content (AvgIpc) is 2.83. The molecule has 21 heavy (non-hydrogen) atoms. The van der Waals surface area contributed by atoms with Crippen molar-refractivity contribution in [2.75, 3.05) is 5.75 Å². The SMILES string of the molecule is Cc1cccc(SCC(O)Cc2ncnn2CC(C)C)c1. The van der Waals surface area contributed by atoms with E-state index < -0.39 is 6.10 Å². The fraction of sp³-hybridized carbons (Fsp3) is 0.500. The quantitative estimate of drug-likeness (QED) is 0.799. The molecule has 4 nitrogen and oxygen atoms in total. The molecule has 0 amide bonds. The van der Waals surface area contributed by atoms with Crippen LogP contribution in [0.25, 0.3) is 0 Å². The molecule has 1 unspecified atom stereocenters. The summed E-state index contributed by atoms with van der Waals surface area (Å²) in [6.07, 6.45) is 1.70. The Kier molecular flexibility index (Phi) is 5.82. The molecule has 0 aliphatic rings. The Balaban J connectivity index is 1.87. The van der Waals surface area contributed by atoms with Crippen molar-refractivity contribution in [3.05, 3.63) is 42.0 Å². The van der Waals surface area contributed by atoms with E-state index in [9.17, 15) is 5.11 Å². The summed E-state index contributed by atoms with van der Waals surface area (Å²) in [5, 5.41) is 14.4. The average molecular weight is 305 g/mol. The maximum absolute atomic E-state index is 10.2. The van der Waals surface area contributed by atoms with Crippen LogP contribution in [0.15, 0.2) is 35.5 Å². The molecule has 1 atom stereocenters. The summed E-state index contributed by atoms with van der Waals surface area (Å²) in [4.78, 5) is 5.45. The van der Waals surface area contributed by atoms with Gasteiger partial charge in [-0.3, -0.25) is 0 Å². The molecule has 5 heteroatoms. The first-order chi connectivity index (χ1) is 10.0. The third-order valence-corrected chi connectivity index (χ3v) is 4.22. The van der Waals surface area contributed by atoms with E-state index in [0.717, 1.165) is 12.4 Å². The first-order valence-electron chi connectivity index (χ1n) is 7.29. The van der Waals surface area contributed by atoms with Gasteiger partial charge in [-0.15, -0.1) is 11.8 Å². The van der Waals surface area contributed by atoms with Gasteiger partial charge in [0.15, 0.2) is 0 Å². The zero-order valence-electron chi connectivity index (χ0n) is 12.9. The fourth-order valence-electron chi connectivity index (χ4n) is 2.11. The molecule has 0 saturated heterocycles. The molecule has 2 aromatic rings. The molecule has 1 aromatic heterocycles. The molecular weight excluding hydrogens is 282 g/mol. The summed E-state index contributed by atoms with van der Waals surface area (Å²) in [7, 11) is 0. The lowest BCUT2D eigenvalue weighted by molar-refractivity contribution is 0.195. The summed E-state index contributed by atoms with van der Waals surface area (Å²) < 4.78 is 1.89. The molecule has 1 heterocycles. The smallest absolute Gasteiger partial charge is 0.138 e. The zero-order valence-corrected chi connectivity index (χ0v) is 13.7. The predicted molar refractivity (Wildman–Crippen MR) is 86.5 cm³/mol. The molecule has 1 N–H and O–H groups in total. The number of thioether (sulfide) groups is 1. The molecule has 0 aliphatic carbocycles. The van der Waals surface area contributed by atoms with Gasteiger partial charge in [-0.2, -0.15) is 5.10 Å². The molecule has 0 fully saturated rings. The number of aryl methyl sites for hydroxylation is 1. The summed E-state index contributed by atoms with van der Waals surface area (Å²) in [5.74, 6) is 2.04. The van der Waals surface area contributed by atoms with Gasteiger partial charge in [-0.25, -0.2) is 9.67 Å². The second kappa shape index (κ2) is 7.61. The van der Waals surface area contributed by atoms with Gasteiger partial charge in [0.25, 0.3) is 0 Å². The van der Waals surface area contributed by atoms with E-state index in [4.69, 9.17) is 0 Å². The third-order valence-electron chi connectivity index (χ3n) is 3.08. The number of hydrogen-bond donors (Lipinski definition) is 1. The Morgan fingerprint density at radius 3 is 2.86 bits per heavy atom. The minimum Gasteiger partial charge on any atom is -0.392 e. The maximum Gasteiger partial charge on any atom is 0.138 e. The Bertz CT molecular complexity index is 568. The highest BCUT2D eigenvalue weighted by Gasteiger charge is 2.12. The van der Waals surface area contributed by atoms with Crippen molar-refractivity contribution >= 4 is 11.8 Å². The molecule has 0 bridgehead atoms. The number of aromatic nitrogens is 3. The molecule has 1 aromatic carbocycles. The molecule has 0 aliphatic heterocycles. The van der Waals surface area contributed by atoms with Gasteiger partial charge in [-0.05, 0) is 25.0 Å². The van der Waals surface area contributed by atoms with E-state index >= 15 is 0 Å². The van der Waals surface area contributed by atoms with Crippen molar-refractivity contribution in [2.45, 2.75) is 44.7 Å². The lowest BCUT2D eigenvalue weighted by Gasteiger charge is -2.12. The first-order valence-corrected chi connectivity index (χ1v) is 8.27. The fourth-order valence-corrected chi connectivity index (χ4v) is 3.06. The topological polar surface area (TPSA) is 50.9 Å². The van der Waals surface area contributed by atoms with Crippen LogP contribution >= 0.6 is 11.8 Å². The van der Waals surface area contributed by atoms with Crippen molar-refractivity contribution in [2.24, 2.45) is 5.92 Å². The van der Waals surface area contributed by atoms with Crippen molar-refractivity contribution in [1.82, 2.24) is 14.8 Å². The highest BCUT2D eigenvalue weighted by Crippen LogP contribution is 2.20. The van der Waals surface area contributed by atoms with Gasteiger partial charge in [0.2, 0.25) is 0 Å². The second-order valence-electron chi connectivity index (χ2n) is 5.74. The standard InChI is InChI=1S/C16H23N3OS/c1-12(2)9-19-16(17-11-18-19)8-14(20)10-21-15-6-4-5-13(3)7-15/h4-7,11-12,14,20H,8-10H2,1-3H3. The molecule has 0 radical (unpaired) electrons. The van der Waals surface area contributed by atoms with Gasteiger partial charge >= 0.3 is 0 Å². The van der Waals surface area contributed by atoms with Crippen LogP contribution < -0.4 is 0 Å². The number of hydrogen-bond acceptors (Lipinski definition) is 4. The van der Waals surface area contributed by atoms with E-state index in [-0.39, 0.29) is 0 Å². The van der Waals surface area contributed by atoms with Gasteiger partial charge in [-0.1, -0.05) is 31.5 Å². The van der Waals surface area contributed by atoms with Crippen molar-refractivity contribution in [1.29, 1.82) is 0 Å². The normalized spacial score (nSPS) is 12.8. The predicted octanol–water partition coefficient (Wildman–Crippen LogP) is 2.94. The second-order valence-corrected chi connectivity index (χ2v) is 6.83. The maximum atomic E-state index is 10.2. The molecule has 2 rings (SSSR count). The Hall–Kier alpha value is -1.33. The first kappa shape index (κ1) is 16.0.